The first kappa shape index (κ1) is 12.9. The van der Waals surface area contributed by atoms with E-state index in [-0.39, 0.29) is 5.56 Å². The van der Waals surface area contributed by atoms with Gasteiger partial charge in [0.25, 0.3) is 5.56 Å². The zero-order chi connectivity index (χ0) is 13.9. The molecule has 20 heavy (non-hydrogen) atoms. The summed E-state index contributed by atoms with van der Waals surface area (Å²) in [5, 5.41) is 1.54. The van der Waals surface area contributed by atoms with Crippen LogP contribution >= 0.6 is 11.8 Å². The Hall–Kier alpha value is -2.14. The number of fused-ring (bicyclic) bond motifs is 1. The van der Waals surface area contributed by atoms with Crippen molar-refractivity contribution in [2.75, 3.05) is 6.26 Å². The molecule has 0 aliphatic carbocycles. The second-order valence-electron chi connectivity index (χ2n) is 4.38. The van der Waals surface area contributed by atoms with Crippen LogP contribution in [0.5, 0.6) is 0 Å². The van der Waals surface area contributed by atoms with Crippen molar-refractivity contribution in [3.63, 3.8) is 0 Å². The first-order valence-electron chi connectivity index (χ1n) is 6.22. The maximum Gasteiger partial charge on any atom is 0.252 e. The average molecular weight is 283 g/mol. The molecule has 100 valence electrons. The van der Waals surface area contributed by atoms with Crippen molar-refractivity contribution in [2.24, 2.45) is 0 Å². The van der Waals surface area contributed by atoms with Crippen LogP contribution in [0.3, 0.4) is 0 Å². The lowest BCUT2D eigenvalue weighted by Crippen LogP contribution is -2.21. The molecule has 4 nitrogen and oxygen atoms in total. The van der Waals surface area contributed by atoms with Crippen LogP contribution in [0.15, 0.2) is 58.6 Å². The summed E-state index contributed by atoms with van der Waals surface area (Å²) in [4.78, 5) is 20.8. The SMILES string of the molecule is CSc1ncc2ccc(=O)n(Cc3ccccc3)c2n1. The van der Waals surface area contributed by atoms with Gasteiger partial charge in [0.1, 0.15) is 5.65 Å². The van der Waals surface area contributed by atoms with Crippen molar-refractivity contribution >= 4 is 22.8 Å². The Kier molecular flexibility index (Phi) is 3.52. The minimum absolute atomic E-state index is 0.0490. The first-order chi connectivity index (χ1) is 9.78. The lowest BCUT2D eigenvalue weighted by Gasteiger charge is -2.09. The number of pyridine rings is 1. The van der Waals surface area contributed by atoms with Gasteiger partial charge in [0.05, 0.1) is 6.54 Å². The zero-order valence-corrected chi connectivity index (χ0v) is 11.8. The highest BCUT2D eigenvalue weighted by Crippen LogP contribution is 2.14. The van der Waals surface area contributed by atoms with Gasteiger partial charge in [0, 0.05) is 17.6 Å². The molecule has 0 N–H and O–H groups in total. The zero-order valence-electron chi connectivity index (χ0n) is 11.0. The molecule has 5 heteroatoms. The fraction of sp³-hybridized carbons (Fsp3) is 0.133. The van der Waals surface area contributed by atoms with Crippen molar-refractivity contribution in [1.29, 1.82) is 0 Å². The maximum atomic E-state index is 12.1. The average Bonchev–Trinajstić information content (AvgIpc) is 2.51. The Morgan fingerprint density at radius 3 is 2.70 bits per heavy atom. The van der Waals surface area contributed by atoms with Gasteiger partial charge in [-0.25, -0.2) is 9.97 Å². The molecule has 0 amide bonds. The van der Waals surface area contributed by atoms with Gasteiger partial charge < -0.3 is 0 Å². The van der Waals surface area contributed by atoms with Gasteiger partial charge in [-0.05, 0) is 17.9 Å². The summed E-state index contributed by atoms with van der Waals surface area (Å²) in [7, 11) is 0. The molecule has 0 aliphatic rings. The molecule has 0 spiro atoms. The van der Waals surface area contributed by atoms with E-state index < -0.39 is 0 Å². The molecule has 0 atom stereocenters. The third-order valence-corrected chi connectivity index (χ3v) is 3.63. The number of rotatable bonds is 3. The smallest absolute Gasteiger partial charge is 0.252 e. The molecule has 2 aromatic heterocycles. The van der Waals surface area contributed by atoms with Crippen LogP contribution < -0.4 is 5.56 Å². The molecule has 0 saturated heterocycles. The first-order valence-corrected chi connectivity index (χ1v) is 7.45. The summed E-state index contributed by atoms with van der Waals surface area (Å²) >= 11 is 1.47. The Morgan fingerprint density at radius 1 is 1.15 bits per heavy atom. The summed E-state index contributed by atoms with van der Waals surface area (Å²) in [6, 6.07) is 13.2. The number of nitrogens with zero attached hydrogens (tertiary/aromatic N) is 3. The van der Waals surface area contributed by atoms with Crippen molar-refractivity contribution in [2.45, 2.75) is 11.7 Å². The van der Waals surface area contributed by atoms with E-state index in [2.05, 4.69) is 9.97 Å². The fourth-order valence-electron chi connectivity index (χ4n) is 2.07. The highest BCUT2D eigenvalue weighted by atomic mass is 32.2. The van der Waals surface area contributed by atoms with E-state index in [0.717, 1.165) is 10.9 Å². The summed E-state index contributed by atoms with van der Waals surface area (Å²) in [5.41, 5.74) is 1.71. The van der Waals surface area contributed by atoms with E-state index in [1.54, 1.807) is 22.9 Å². The summed E-state index contributed by atoms with van der Waals surface area (Å²) in [6.07, 6.45) is 3.68. The normalized spacial score (nSPS) is 10.8. The summed E-state index contributed by atoms with van der Waals surface area (Å²) in [6.45, 7) is 0.516. The lowest BCUT2D eigenvalue weighted by molar-refractivity contribution is 0.772. The molecule has 1 aromatic carbocycles. The van der Waals surface area contributed by atoms with E-state index in [1.165, 1.54) is 11.8 Å². The second-order valence-corrected chi connectivity index (χ2v) is 5.15. The number of thioether (sulfide) groups is 1. The maximum absolute atomic E-state index is 12.1. The number of benzene rings is 1. The predicted octanol–water partition coefficient (Wildman–Crippen LogP) is 2.56. The number of aromatic nitrogens is 3. The van der Waals surface area contributed by atoms with Gasteiger partial charge in [-0.2, -0.15) is 0 Å². The molecule has 2 heterocycles. The molecule has 0 unspecified atom stereocenters. The van der Waals surface area contributed by atoms with E-state index in [4.69, 9.17) is 0 Å². The van der Waals surface area contributed by atoms with Gasteiger partial charge in [-0.15, -0.1) is 0 Å². The molecule has 0 fully saturated rings. The minimum atomic E-state index is -0.0490. The van der Waals surface area contributed by atoms with Crippen LogP contribution in [0.1, 0.15) is 5.56 Å². The van der Waals surface area contributed by atoms with Gasteiger partial charge in [-0.3, -0.25) is 9.36 Å². The second kappa shape index (κ2) is 5.46. The van der Waals surface area contributed by atoms with Crippen molar-refractivity contribution in [3.8, 4) is 0 Å². The molecule has 0 radical (unpaired) electrons. The van der Waals surface area contributed by atoms with Crippen LogP contribution in [-0.4, -0.2) is 20.8 Å². The van der Waals surface area contributed by atoms with Crippen molar-refractivity contribution < 1.29 is 0 Å². The number of hydrogen-bond acceptors (Lipinski definition) is 4. The Balaban J connectivity index is 2.17. The minimum Gasteiger partial charge on any atom is -0.288 e. The Bertz CT molecular complexity index is 799. The molecular weight excluding hydrogens is 270 g/mol. The topological polar surface area (TPSA) is 47.8 Å². The van der Waals surface area contributed by atoms with Gasteiger partial charge >= 0.3 is 0 Å². The monoisotopic (exact) mass is 283 g/mol. The fourth-order valence-corrected chi connectivity index (χ4v) is 2.41. The van der Waals surface area contributed by atoms with Crippen LogP contribution in [0.25, 0.3) is 11.0 Å². The molecule has 0 bridgehead atoms. The van der Waals surface area contributed by atoms with E-state index in [1.807, 2.05) is 36.6 Å². The standard InChI is InChI=1S/C15H13N3OS/c1-20-15-16-9-12-7-8-13(19)18(14(12)17-15)10-11-5-3-2-4-6-11/h2-9H,10H2,1H3. The summed E-state index contributed by atoms with van der Waals surface area (Å²) < 4.78 is 1.69. The molecule has 0 aliphatic heterocycles. The van der Waals surface area contributed by atoms with Crippen LogP contribution in [0, 0.1) is 0 Å². The Labute approximate surface area is 120 Å². The number of hydrogen-bond donors (Lipinski definition) is 0. The largest absolute Gasteiger partial charge is 0.288 e. The van der Waals surface area contributed by atoms with Crippen LogP contribution in [-0.2, 0) is 6.54 Å². The third-order valence-electron chi connectivity index (χ3n) is 3.07. The van der Waals surface area contributed by atoms with E-state index in [0.29, 0.717) is 17.3 Å². The lowest BCUT2D eigenvalue weighted by atomic mass is 10.2. The van der Waals surface area contributed by atoms with Crippen LogP contribution in [0.4, 0.5) is 0 Å². The van der Waals surface area contributed by atoms with Gasteiger partial charge in [-0.1, -0.05) is 42.1 Å². The van der Waals surface area contributed by atoms with Crippen molar-refractivity contribution in [1.82, 2.24) is 14.5 Å². The highest BCUT2D eigenvalue weighted by Gasteiger charge is 2.07. The highest BCUT2D eigenvalue weighted by molar-refractivity contribution is 7.98. The Morgan fingerprint density at radius 2 is 1.95 bits per heavy atom. The molecule has 3 aromatic rings. The van der Waals surface area contributed by atoms with Gasteiger partial charge in [0.15, 0.2) is 5.16 Å². The molecule has 3 rings (SSSR count). The predicted molar refractivity (Wildman–Crippen MR) is 81.1 cm³/mol. The van der Waals surface area contributed by atoms with E-state index >= 15 is 0 Å². The van der Waals surface area contributed by atoms with Crippen molar-refractivity contribution in [3.05, 3.63) is 64.6 Å². The quantitative estimate of drug-likeness (QED) is 0.547. The molecule has 0 saturated carbocycles. The van der Waals surface area contributed by atoms with E-state index in [9.17, 15) is 4.79 Å². The van der Waals surface area contributed by atoms with Gasteiger partial charge in [0.2, 0.25) is 0 Å². The van der Waals surface area contributed by atoms with Crippen LogP contribution in [0.2, 0.25) is 0 Å². The summed E-state index contributed by atoms with van der Waals surface area (Å²) in [5.74, 6) is 0. The third kappa shape index (κ3) is 2.44. The molecular formula is C15H13N3OS.